The molecule has 0 bridgehead atoms. The van der Waals surface area contributed by atoms with E-state index in [4.69, 9.17) is 0 Å². The average molecular weight is 273 g/mol. The number of ether oxygens (including phenoxy) is 1. The molecule has 20 heavy (non-hydrogen) atoms. The van der Waals surface area contributed by atoms with Gasteiger partial charge in [-0.05, 0) is 11.6 Å². The lowest BCUT2D eigenvalue weighted by molar-refractivity contribution is -0.385. The van der Waals surface area contributed by atoms with Gasteiger partial charge in [-0.1, -0.05) is 30.3 Å². The molecular weight excluding hydrogens is 262 g/mol. The fourth-order valence-corrected chi connectivity index (χ4v) is 1.56. The smallest absolute Gasteiger partial charge is 0.365 e. The van der Waals surface area contributed by atoms with Crippen LogP contribution in [0.25, 0.3) is 12.3 Å². The van der Waals surface area contributed by atoms with Gasteiger partial charge in [-0.2, -0.15) is 5.10 Å². The lowest BCUT2D eigenvalue weighted by Crippen LogP contribution is -2.05. The minimum absolute atomic E-state index is 0.324. The molecule has 0 aliphatic rings. The summed E-state index contributed by atoms with van der Waals surface area (Å²) in [5, 5.41) is 14.7. The van der Waals surface area contributed by atoms with Gasteiger partial charge in [0, 0.05) is 6.20 Å². The molecule has 0 amide bonds. The SMILES string of the molecule is COC(=O)c1nn(C=Cc2ccccc2)cc1[N+](=O)[O-]. The van der Waals surface area contributed by atoms with E-state index in [1.807, 2.05) is 30.3 Å². The molecule has 2 rings (SSSR count). The van der Waals surface area contributed by atoms with E-state index in [0.29, 0.717) is 0 Å². The summed E-state index contributed by atoms with van der Waals surface area (Å²) in [4.78, 5) is 21.6. The summed E-state index contributed by atoms with van der Waals surface area (Å²) in [6, 6.07) is 9.35. The molecule has 1 aromatic carbocycles. The molecule has 0 fully saturated rings. The number of hydrogen-bond acceptors (Lipinski definition) is 5. The number of hydrogen-bond donors (Lipinski definition) is 0. The van der Waals surface area contributed by atoms with Crippen LogP contribution in [0.3, 0.4) is 0 Å². The van der Waals surface area contributed by atoms with E-state index in [9.17, 15) is 14.9 Å². The average Bonchev–Trinajstić information content (AvgIpc) is 2.90. The van der Waals surface area contributed by atoms with Crippen molar-refractivity contribution in [2.75, 3.05) is 7.11 Å². The Kier molecular flexibility index (Phi) is 3.90. The predicted molar refractivity (Wildman–Crippen MR) is 71.9 cm³/mol. The normalized spacial score (nSPS) is 10.7. The largest absolute Gasteiger partial charge is 0.464 e. The number of benzene rings is 1. The third-order valence-electron chi connectivity index (χ3n) is 2.51. The molecule has 2 aromatic rings. The number of methoxy groups -OCH3 is 1. The topological polar surface area (TPSA) is 87.3 Å². The first-order valence-electron chi connectivity index (χ1n) is 5.67. The standard InChI is InChI=1S/C13H11N3O4/c1-20-13(17)12-11(16(18)19)9-15(14-12)8-7-10-5-3-2-4-6-10/h2-9H,1H3. The molecule has 1 heterocycles. The van der Waals surface area contributed by atoms with Crippen LogP contribution in [0.1, 0.15) is 16.1 Å². The Morgan fingerprint density at radius 1 is 1.40 bits per heavy atom. The van der Waals surface area contributed by atoms with E-state index >= 15 is 0 Å². The molecular formula is C13H11N3O4. The van der Waals surface area contributed by atoms with Crippen LogP contribution >= 0.6 is 0 Å². The maximum Gasteiger partial charge on any atom is 0.365 e. The van der Waals surface area contributed by atoms with Crippen LogP contribution in [-0.2, 0) is 4.74 Å². The molecule has 0 atom stereocenters. The molecule has 7 heteroatoms. The third kappa shape index (κ3) is 2.89. The highest BCUT2D eigenvalue weighted by atomic mass is 16.6. The predicted octanol–water partition coefficient (Wildman–Crippen LogP) is 2.21. The number of carbonyl (C=O) groups excluding carboxylic acids is 1. The molecule has 1 aromatic heterocycles. The van der Waals surface area contributed by atoms with Gasteiger partial charge >= 0.3 is 11.7 Å². The van der Waals surface area contributed by atoms with Crippen LogP contribution in [0.4, 0.5) is 5.69 Å². The van der Waals surface area contributed by atoms with Crippen molar-refractivity contribution >= 4 is 23.9 Å². The number of esters is 1. The fraction of sp³-hybridized carbons (Fsp3) is 0.0769. The molecule has 0 aliphatic heterocycles. The minimum Gasteiger partial charge on any atom is -0.464 e. The van der Waals surface area contributed by atoms with Gasteiger partial charge in [0.1, 0.15) is 6.20 Å². The lowest BCUT2D eigenvalue weighted by Gasteiger charge is -1.93. The number of nitro groups is 1. The van der Waals surface area contributed by atoms with Gasteiger partial charge < -0.3 is 4.74 Å². The molecule has 0 saturated carbocycles. The maximum absolute atomic E-state index is 11.4. The summed E-state index contributed by atoms with van der Waals surface area (Å²) >= 11 is 0. The highest BCUT2D eigenvalue weighted by Crippen LogP contribution is 2.18. The van der Waals surface area contributed by atoms with Crippen LogP contribution in [0.15, 0.2) is 36.5 Å². The molecule has 102 valence electrons. The van der Waals surface area contributed by atoms with Crippen LogP contribution < -0.4 is 0 Å². The Hall–Kier alpha value is -2.96. The Labute approximate surface area is 114 Å². The Morgan fingerprint density at radius 2 is 2.10 bits per heavy atom. The van der Waals surface area contributed by atoms with Gasteiger partial charge in [0.25, 0.3) is 0 Å². The van der Waals surface area contributed by atoms with Gasteiger partial charge in [-0.3, -0.25) is 10.1 Å². The van der Waals surface area contributed by atoms with E-state index in [1.165, 1.54) is 10.9 Å². The molecule has 0 aliphatic carbocycles. The number of carbonyl (C=O) groups is 1. The van der Waals surface area contributed by atoms with Crippen LogP contribution in [-0.4, -0.2) is 27.8 Å². The maximum atomic E-state index is 11.4. The quantitative estimate of drug-likeness (QED) is 0.484. The second-order valence-electron chi connectivity index (χ2n) is 3.82. The van der Waals surface area contributed by atoms with Crippen molar-refractivity contribution in [3.63, 3.8) is 0 Å². The van der Waals surface area contributed by atoms with E-state index in [0.717, 1.165) is 18.9 Å². The lowest BCUT2D eigenvalue weighted by atomic mass is 10.2. The summed E-state index contributed by atoms with van der Waals surface area (Å²) in [7, 11) is 1.14. The summed E-state index contributed by atoms with van der Waals surface area (Å²) < 4.78 is 5.67. The van der Waals surface area contributed by atoms with E-state index in [-0.39, 0.29) is 5.69 Å². The molecule has 0 unspecified atom stereocenters. The van der Waals surface area contributed by atoms with E-state index in [1.54, 1.807) is 6.08 Å². The highest BCUT2D eigenvalue weighted by Gasteiger charge is 2.25. The minimum atomic E-state index is -0.844. The van der Waals surface area contributed by atoms with Crippen molar-refractivity contribution in [3.05, 3.63) is 57.9 Å². The monoisotopic (exact) mass is 273 g/mol. The molecule has 0 saturated heterocycles. The zero-order chi connectivity index (χ0) is 14.5. The van der Waals surface area contributed by atoms with Crippen molar-refractivity contribution in [2.45, 2.75) is 0 Å². The first-order valence-corrected chi connectivity index (χ1v) is 5.67. The van der Waals surface area contributed by atoms with Gasteiger partial charge in [0.2, 0.25) is 5.69 Å². The number of nitrogens with zero attached hydrogens (tertiary/aromatic N) is 3. The molecule has 0 radical (unpaired) electrons. The second-order valence-corrected chi connectivity index (χ2v) is 3.82. The molecule has 0 spiro atoms. The zero-order valence-corrected chi connectivity index (χ0v) is 10.6. The molecule has 0 N–H and O–H groups in total. The van der Waals surface area contributed by atoms with Crippen molar-refractivity contribution in [1.29, 1.82) is 0 Å². The molecule has 7 nitrogen and oxygen atoms in total. The second kappa shape index (κ2) is 5.79. The van der Waals surface area contributed by atoms with E-state index in [2.05, 4.69) is 9.84 Å². The Morgan fingerprint density at radius 3 is 2.70 bits per heavy atom. The summed E-state index contributed by atoms with van der Waals surface area (Å²) in [5.41, 5.74) is 0.190. The van der Waals surface area contributed by atoms with Gasteiger partial charge in [-0.25, -0.2) is 9.48 Å². The number of aromatic nitrogens is 2. The van der Waals surface area contributed by atoms with Crippen LogP contribution in [0.5, 0.6) is 0 Å². The summed E-state index contributed by atoms with van der Waals surface area (Å²) in [6.45, 7) is 0. The van der Waals surface area contributed by atoms with Crippen molar-refractivity contribution in [2.24, 2.45) is 0 Å². The zero-order valence-electron chi connectivity index (χ0n) is 10.6. The van der Waals surface area contributed by atoms with Crippen LogP contribution in [0, 0.1) is 10.1 Å². The van der Waals surface area contributed by atoms with Crippen molar-refractivity contribution in [1.82, 2.24) is 9.78 Å². The van der Waals surface area contributed by atoms with Crippen molar-refractivity contribution in [3.8, 4) is 0 Å². The van der Waals surface area contributed by atoms with Crippen molar-refractivity contribution < 1.29 is 14.5 Å². The highest BCUT2D eigenvalue weighted by molar-refractivity contribution is 5.91. The Bertz CT molecular complexity index is 662. The van der Waals surface area contributed by atoms with Gasteiger partial charge in [-0.15, -0.1) is 0 Å². The fourth-order valence-electron chi connectivity index (χ4n) is 1.56. The summed E-state index contributed by atoms with van der Waals surface area (Å²) in [6.07, 6.45) is 4.40. The third-order valence-corrected chi connectivity index (χ3v) is 2.51. The first-order chi connectivity index (χ1) is 9.61. The Balaban J connectivity index is 2.32. The first kappa shape index (κ1) is 13.5. The van der Waals surface area contributed by atoms with Gasteiger partial charge in [0.15, 0.2) is 0 Å². The van der Waals surface area contributed by atoms with Gasteiger partial charge in [0.05, 0.1) is 12.0 Å². The number of rotatable bonds is 4. The van der Waals surface area contributed by atoms with Crippen LogP contribution in [0.2, 0.25) is 0 Å². The summed E-state index contributed by atoms with van der Waals surface area (Å²) in [5.74, 6) is -0.844. The van der Waals surface area contributed by atoms with E-state index < -0.39 is 16.6 Å².